The number of nitrogens with zero attached hydrogens (tertiary/aromatic N) is 1. The predicted octanol–water partition coefficient (Wildman–Crippen LogP) is 4.51. The molecule has 5 nitrogen and oxygen atoms in total. The number of halogens is 3. The van der Waals surface area contributed by atoms with Gasteiger partial charge in [-0.05, 0) is 55.7 Å². The van der Waals surface area contributed by atoms with E-state index in [-0.39, 0.29) is 25.1 Å². The van der Waals surface area contributed by atoms with E-state index in [1.54, 1.807) is 12.1 Å². The first-order valence-electron chi connectivity index (χ1n) is 8.90. The molecule has 2 aromatic rings. The van der Waals surface area contributed by atoms with Gasteiger partial charge in [0.2, 0.25) is 15.9 Å². The van der Waals surface area contributed by atoms with Gasteiger partial charge >= 0.3 is 6.18 Å². The molecule has 2 rings (SSSR count). The molecule has 0 atom stereocenters. The number of amides is 1. The fourth-order valence-electron chi connectivity index (χ4n) is 2.80. The van der Waals surface area contributed by atoms with Crippen molar-refractivity contribution in [3.05, 3.63) is 59.2 Å². The number of anilines is 2. The third kappa shape index (κ3) is 6.22. The standard InChI is InChI=1S/C20H23F3N2O3S/c1-14-10-11-16(13-15(14)2)25(29(3,27)28)12-6-9-19(26)24-18-8-5-4-7-17(18)20(21,22)23/h4-5,7-8,10-11,13H,6,9,12H2,1-3H3,(H,24,26). The maximum atomic E-state index is 13.0. The van der Waals surface area contributed by atoms with Gasteiger partial charge in [-0.2, -0.15) is 13.2 Å². The fraction of sp³-hybridized carbons (Fsp3) is 0.350. The van der Waals surface area contributed by atoms with Gasteiger partial charge in [-0.1, -0.05) is 18.2 Å². The number of benzene rings is 2. The smallest absolute Gasteiger partial charge is 0.326 e. The van der Waals surface area contributed by atoms with Crippen molar-refractivity contribution in [1.29, 1.82) is 0 Å². The molecule has 1 amide bonds. The Morgan fingerprint density at radius 2 is 1.72 bits per heavy atom. The zero-order valence-corrected chi connectivity index (χ0v) is 17.2. The molecule has 0 radical (unpaired) electrons. The maximum Gasteiger partial charge on any atom is 0.418 e. The van der Waals surface area contributed by atoms with Crippen LogP contribution in [0.15, 0.2) is 42.5 Å². The van der Waals surface area contributed by atoms with Crippen molar-refractivity contribution < 1.29 is 26.4 Å². The van der Waals surface area contributed by atoms with Gasteiger partial charge in [0, 0.05) is 13.0 Å². The van der Waals surface area contributed by atoms with E-state index in [0.29, 0.717) is 5.69 Å². The van der Waals surface area contributed by atoms with Crippen molar-refractivity contribution >= 4 is 27.3 Å². The maximum absolute atomic E-state index is 13.0. The van der Waals surface area contributed by atoms with Gasteiger partial charge in [0.25, 0.3) is 0 Å². The molecule has 0 saturated heterocycles. The minimum Gasteiger partial charge on any atom is -0.326 e. The van der Waals surface area contributed by atoms with Gasteiger partial charge in [0.1, 0.15) is 0 Å². The van der Waals surface area contributed by atoms with Crippen molar-refractivity contribution in [2.24, 2.45) is 0 Å². The molecule has 29 heavy (non-hydrogen) atoms. The number of aryl methyl sites for hydroxylation is 2. The van der Waals surface area contributed by atoms with Crippen LogP contribution in [-0.4, -0.2) is 27.1 Å². The molecule has 0 bridgehead atoms. The number of alkyl halides is 3. The molecule has 0 spiro atoms. The summed E-state index contributed by atoms with van der Waals surface area (Å²) in [4.78, 5) is 12.1. The Kier molecular flexibility index (Phi) is 6.94. The van der Waals surface area contributed by atoms with Crippen LogP contribution in [0.4, 0.5) is 24.5 Å². The molecule has 0 fully saturated rings. The van der Waals surface area contributed by atoms with Crippen LogP contribution >= 0.6 is 0 Å². The summed E-state index contributed by atoms with van der Waals surface area (Å²) in [5, 5.41) is 2.26. The molecule has 0 aliphatic heterocycles. The number of rotatable bonds is 7. The van der Waals surface area contributed by atoms with Gasteiger partial charge < -0.3 is 5.32 Å². The number of carbonyl (C=O) groups excluding carboxylic acids is 1. The van der Waals surface area contributed by atoms with Crippen LogP contribution in [0.1, 0.15) is 29.5 Å². The third-order valence-corrected chi connectivity index (χ3v) is 5.64. The summed E-state index contributed by atoms with van der Waals surface area (Å²) in [6.07, 6.45) is -3.48. The Balaban J connectivity index is 2.05. The minimum absolute atomic E-state index is 0.0374. The van der Waals surface area contributed by atoms with Gasteiger partial charge in [-0.15, -0.1) is 0 Å². The summed E-state index contributed by atoms with van der Waals surface area (Å²) < 4.78 is 64.5. The van der Waals surface area contributed by atoms with Crippen molar-refractivity contribution in [2.75, 3.05) is 22.4 Å². The first-order valence-corrected chi connectivity index (χ1v) is 10.8. The number of para-hydroxylation sites is 1. The van der Waals surface area contributed by atoms with Gasteiger partial charge in [-0.25, -0.2) is 8.42 Å². The van der Waals surface area contributed by atoms with E-state index in [9.17, 15) is 26.4 Å². The average Bonchev–Trinajstić information content (AvgIpc) is 2.60. The van der Waals surface area contributed by atoms with E-state index in [1.165, 1.54) is 22.5 Å². The summed E-state index contributed by atoms with van der Waals surface area (Å²) in [6.45, 7) is 3.81. The lowest BCUT2D eigenvalue weighted by atomic mass is 10.1. The van der Waals surface area contributed by atoms with Crippen molar-refractivity contribution in [2.45, 2.75) is 32.9 Å². The second-order valence-corrected chi connectivity index (χ2v) is 8.71. The monoisotopic (exact) mass is 428 g/mol. The molecule has 0 saturated carbocycles. The lowest BCUT2D eigenvalue weighted by Gasteiger charge is -2.23. The average molecular weight is 428 g/mol. The van der Waals surface area contributed by atoms with Gasteiger partial charge in [-0.3, -0.25) is 9.10 Å². The number of hydrogen-bond donors (Lipinski definition) is 1. The largest absolute Gasteiger partial charge is 0.418 e. The van der Waals surface area contributed by atoms with E-state index in [2.05, 4.69) is 5.32 Å². The number of nitrogens with one attached hydrogen (secondary N) is 1. The second kappa shape index (κ2) is 8.86. The van der Waals surface area contributed by atoms with Gasteiger partial charge in [0.15, 0.2) is 0 Å². The third-order valence-electron chi connectivity index (χ3n) is 4.45. The highest BCUT2D eigenvalue weighted by atomic mass is 32.2. The first-order chi connectivity index (χ1) is 13.4. The zero-order valence-electron chi connectivity index (χ0n) is 16.4. The Labute approximate surface area is 168 Å². The number of carbonyl (C=O) groups is 1. The van der Waals surface area contributed by atoms with Crippen LogP contribution in [0.25, 0.3) is 0 Å². The van der Waals surface area contributed by atoms with Gasteiger partial charge in [0.05, 0.1) is 23.2 Å². The lowest BCUT2D eigenvalue weighted by molar-refractivity contribution is -0.137. The molecule has 9 heteroatoms. The van der Waals surface area contributed by atoms with Crippen LogP contribution in [0, 0.1) is 13.8 Å². The highest BCUT2D eigenvalue weighted by Crippen LogP contribution is 2.34. The van der Waals surface area contributed by atoms with Crippen molar-refractivity contribution in [1.82, 2.24) is 0 Å². The quantitative estimate of drug-likeness (QED) is 0.706. The Hall–Kier alpha value is -2.55. The normalized spacial score (nSPS) is 11.9. The summed E-state index contributed by atoms with van der Waals surface area (Å²) in [5.41, 5.74) is 1.18. The summed E-state index contributed by atoms with van der Waals surface area (Å²) in [6, 6.07) is 9.95. The van der Waals surface area contributed by atoms with E-state index >= 15 is 0 Å². The molecule has 1 N–H and O–H groups in total. The number of hydrogen-bond acceptors (Lipinski definition) is 3. The molecule has 0 aliphatic rings. The van der Waals surface area contributed by atoms with E-state index in [4.69, 9.17) is 0 Å². The van der Waals surface area contributed by atoms with Crippen LogP contribution in [0.5, 0.6) is 0 Å². The molecular formula is C20H23F3N2O3S. The van der Waals surface area contributed by atoms with E-state index in [1.807, 2.05) is 19.9 Å². The molecule has 0 aromatic heterocycles. The van der Waals surface area contributed by atoms with Crippen LogP contribution in [0.2, 0.25) is 0 Å². The highest BCUT2D eigenvalue weighted by molar-refractivity contribution is 7.92. The fourth-order valence-corrected chi connectivity index (χ4v) is 3.76. The molecule has 0 unspecified atom stereocenters. The SMILES string of the molecule is Cc1ccc(N(CCCC(=O)Nc2ccccc2C(F)(F)F)S(C)(=O)=O)cc1C. The predicted molar refractivity (Wildman–Crippen MR) is 107 cm³/mol. The minimum atomic E-state index is -4.58. The highest BCUT2D eigenvalue weighted by Gasteiger charge is 2.33. The summed E-state index contributed by atoms with van der Waals surface area (Å²) in [5.74, 6) is -0.616. The molecule has 158 valence electrons. The zero-order chi connectivity index (χ0) is 21.8. The molecule has 0 aliphatic carbocycles. The van der Waals surface area contributed by atoms with Crippen molar-refractivity contribution in [3.8, 4) is 0 Å². The topological polar surface area (TPSA) is 66.5 Å². The van der Waals surface area contributed by atoms with E-state index < -0.39 is 27.7 Å². The summed E-state index contributed by atoms with van der Waals surface area (Å²) in [7, 11) is -3.58. The second-order valence-electron chi connectivity index (χ2n) is 6.80. The Morgan fingerprint density at radius 3 is 2.31 bits per heavy atom. The van der Waals surface area contributed by atoms with Crippen LogP contribution < -0.4 is 9.62 Å². The van der Waals surface area contributed by atoms with E-state index in [0.717, 1.165) is 23.4 Å². The Morgan fingerprint density at radius 1 is 1.07 bits per heavy atom. The summed E-state index contributed by atoms with van der Waals surface area (Å²) >= 11 is 0. The molecular weight excluding hydrogens is 405 g/mol. The number of sulfonamides is 1. The Bertz CT molecular complexity index is 989. The molecule has 2 aromatic carbocycles. The lowest BCUT2D eigenvalue weighted by Crippen LogP contribution is -2.31. The van der Waals surface area contributed by atoms with Crippen LogP contribution in [-0.2, 0) is 21.0 Å². The molecule has 0 heterocycles. The first kappa shape index (κ1) is 22.7. The van der Waals surface area contributed by atoms with Crippen molar-refractivity contribution in [3.63, 3.8) is 0 Å². The van der Waals surface area contributed by atoms with Crippen LogP contribution in [0.3, 0.4) is 0 Å².